The van der Waals surface area contributed by atoms with Crippen LogP contribution in [0.3, 0.4) is 0 Å². The number of carbonyl (C=O) groups excluding carboxylic acids is 3. The van der Waals surface area contributed by atoms with Crippen molar-refractivity contribution in [1.82, 2.24) is 15.5 Å². The van der Waals surface area contributed by atoms with E-state index in [-0.39, 0.29) is 29.6 Å². The fourth-order valence-electron chi connectivity index (χ4n) is 4.22. The average molecular weight is 431 g/mol. The molecule has 8 nitrogen and oxygen atoms in total. The maximum absolute atomic E-state index is 13.3. The molecular weight excluding hydrogens is 396 g/mol. The fraction of sp³-hybridized carbons (Fsp3) is 0.609. The number of nitrogens with one attached hydrogen (secondary N) is 3. The Morgan fingerprint density at radius 1 is 1.29 bits per heavy atom. The first-order chi connectivity index (χ1) is 14.8. The van der Waals surface area contributed by atoms with Crippen LogP contribution in [-0.4, -0.2) is 68.1 Å². The molecule has 170 valence electrons. The van der Waals surface area contributed by atoms with Crippen LogP contribution in [0.15, 0.2) is 18.2 Å². The lowest BCUT2D eigenvalue weighted by Gasteiger charge is -2.26. The van der Waals surface area contributed by atoms with Crippen LogP contribution in [0.4, 0.5) is 5.69 Å². The van der Waals surface area contributed by atoms with E-state index in [9.17, 15) is 14.4 Å². The fourth-order valence-corrected chi connectivity index (χ4v) is 4.22. The summed E-state index contributed by atoms with van der Waals surface area (Å²) in [6.45, 7) is 8.70. The number of amides is 3. The first-order valence-electron chi connectivity index (χ1n) is 11.1. The second kappa shape index (κ2) is 10.6. The summed E-state index contributed by atoms with van der Waals surface area (Å²) >= 11 is 0. The highest BCUT2D eigenvalue weighted by atomic mass is 16.5. The van der Waals surface area contributed by atoms with Crippen molar-refractivity contribution in [2.45, 2.75) is 39.7 Å². The SMILES string of the molecule is CC(=O)NC(CC(C)C)C(=O)NCC1COCCN(C(=O)c2cccc3c2CCN3)C1. The minimum absolute atomic E-state index is 0.0117. The predicted molar refractivity (Wildman–Crippen MR) is 119 cm³/mol. The van der Waals surface area contributed by atoms with E-state index in [0.29, 0.717) is 39.3 Å². The van der Waals surface area contributed by atoms with Crippen LogP contribution in [-0.2, 0) is 20.7 Å². The van der Waals surface area contributed by atoms with Gasteiger partial charge in [0, 0.05) is 50.3 Å². The maximum atomic E-state index is 13.3. The van der Waals surface area contributed by atoms with Crippen molar-refractivity contribution in [2.24, 2.45) is 11.8 Å². The Balaban J connectivity index is 1.61. The van der Waals surface area contributed by atoms with E-state index in [4.69, 9.17) is 4.74 Å². The van der Waals surface area contributed by atoms with Gasteiger partial charge in [-0.05, 0) is 36.5 Å². The van der Waals surface area contributed by atoms with Gasteiger partial charge in [-0.1, -0.05) is 19.9 Å². The molecule has 8 heteroatoms. The van der Waals surface area contributed by atoms with E-state index >= 15 is 0 Å². The van der Waals surface area contributed by atoms with Gasteiger partial charge in [0.25, 0.3) is 5.91 Å². The molecule has 2 atom stereocenters. The van der Waals surface area contributed by atoms with Crippen LogP contribution in [0, 0.1) is 11.8 Å². The van der Waals surface area contributed by atoms with Crippen LogP contribution in [0.2, 0.25) is 0 Å². The molecule has 0 aliphatic carbocycles. The van der Waals surface area contributed by atoms with Crippen molar-refractivity contribution in [3.8, 4) is 0 Å². The number of carbonyl (C=O) groups is 3. The summed E-state index contributed by atoms with van der Waals surface area (Å²) in [5.41, 5.74) is 2.86. The summed E-state index contributed by atoms with van der Waals surface area (Å²) in [7, 11) is 0. The summed E-state index contributed by atoms with van der Waals surface area (Å²) in [6, 6.07) is 5.25. The van der Waals surface area contributed by atoms with Crippen LogP contribution in [0.1, 0.15) is 43.1 Å². The average Bonchev–Trinajstić information content (AvgIpc) is 3.08. The van der Waals surface area contributed by atoms with Gasteiger partial charge in [-0.15, -0.1) is 0 Å². The van der Waals surface area contributed by atoms with Gasteiger partial charge in [-0.3, -0.25) is 14.4 Å². The minimum Gasteiger partial charge on any atom is -0.384 e. The Morgan fingerprint density at radius 3 is 2.84 bits per heavy atom. The molecule has 3 rings (SSSR count). The van der Waals surface area contributed by atoms with Crippen LogP contribution in [0.25, 0.3) is 0 Å². The Morgan fingerprint density at radius 2 is 2.10 bits per heavy atom. The van der Waals surface area contributed by atoms with E-state index in [1.165, 1.54) is 6.92 Å². The second-order valence-corrected chi connectivity index (χ2v) is 8.83. The second-order valence-electron chi connectivity index (χ2n) is 8.83. The van der Waals surface area contributed by atoms with Crippen molar-refractivity contribution in [3.05, 3.63) is 29.3 Å². The molecule has 0 radical (unpaired) electrons. The molecule has 1 aromatic rings. The zero-order chi connectivity index (χ0) is 22.4. The molecule has 2 aliphatic heterocycles. The number of benzene rings is 1. The first-order valence-corrected chi connectivity index (χ1v) is 11.1. The molecule has 1 aromatic carbocycles. The quantitative estimate of drug-likeness (QED) is 0.607. The topological polar surface area (TPSA) is 99.8 Å². The van der Waals surface area contributed by atoms with Crippen molar-refractivity contribution in [1.29, 1.82) is 0 Å². The third kappa shape index (κ3) is 6.19. The molecule has 1 fully saturated rings. The van der Waals surface area contributed by atoms with E-state index < -0.39 is 6.04 Å². The Kier molecular flexibility index (Phi) is 7.90. The number of fused-ring (bicyclic) bond motifs is 1. The van der Waals surface area contributed by atoms with Gasteiger partial charge in [0.2, 0.25) is 11.8 Å². The number of rotatable bonds is 7. The zero-order valence-electron chi connectivity index (χ0n) is 18.7. The third-order valence-electron chi connectivity index (χ3n) is 5.69. The lowest BCUT2D eigenvalue weighted by Crippen LogP contribution is -2.49. The van der Waals surface area contributed by atoms with Crippen LogP contribution >= 0.6 is 0 Å². The Hall–Kier alpha value is -2.61. The molecule has 31 heavy (non-hydrogen) atoms. The smallest absolute Gasteiger partial charge is 0.254 e. The van der Waals surface area contributed by atoms with Gasteiger partial charge in [0.15, 0.2) is 0 Å². The summed E-state index contributed by atoms with van der Waals surface area (Å²) in [5, 5.41) is 9.00. The lowest BCUT2D eigenvalue weighted by molar-refractivity contribution is -0.128. The van der Waals surface area contributed by atoms with E-state index in [1.807, 2.05) is 36.9 Å². The molecule has 0 saturated carbocycles. The number of hydrogen-bond donors (Lipinski definition) is 3. The molecule has 2 aliphatic rings. The summed E-state index contributed by atoms with van der Waals surface area (Å²) in [6.07, 6.45) is 1.42. The summed E-state index contributed by atoms with van der Waals surface area (Å²) in [5.74, 6) is -0.141. The van der Waals surface area contributed by atoms with Gasteiger partial charge in [-0.2, -0.15) is 0 Å². The molecule has 3 N–H and O–H groups in total. The summed E-state index contributed by atoms with van der Waals surface area (Å²) in [4.78, 5) is 39.2. The Bertz CT molecular complexity index is 811. The molecule has 2 unspecified atom stereocenters. The number of ether oxygens (including phenoxy) is 1. The highest BCUT2D eigenvalue weighted by Gasteiger charge is 2.28. The lowest BCUT2D eigenvalue weighted by atomic mass is 10.0. The van der Waals surface area contributed by atoms with Gasteiger partial charge in [-0.25, -0.2) is 0 Å². The van der Waals surface area contributed by atoms with Gasteiger partial charge < -0.3 is 25.6 Å². The standard InChI is InChI=1S/C23H34N4O4/c1-15(2)11-21(26-16(3)28)22(29)25-12-17-13-27(9-10-31-14-17)23(30)19-5-4-6-20-18(19)7-8-24-20/h4-6,15,17,21,24H,7-14H2,1-3H3,(H,25,29)(H,26,28). The predicted octanol–water partition coefficient (Wildman–Crippen LogP) is 1.41. The summed E-state index contributed by atoms with van der Waals surface area (Å²) < 4.78 is 5.71. The van der Waals surface area contributed by atoms with E-state index in [1.54, 1.807) is 0 Å². The third-order valence-corrected chi connectivity index (χ3v) is 5.69. The largest absolute Gasteiger partial charge is 0.384 e. The molecule has 1 saturated heterocycles. The highest BCUT2D eigenvalue weighted by Crippen LogP contribution is 2.26. The highest BCUT2D eigenvalue weighted by molar-refractivity contribution is 5.97. The maximum Gasteiger partial charge on any atom is 0.254 e. The number of hydrogen-bond acceptors (Lipinski definition) is 5. The van der Waals surface area contributed by atoms with Gasteiger partial charge in [0.1, 0.15) is 6.04 Å². The Labute approximate surface area is 184 Å². The van der Waals surface area contributed by atoms with E-state index in [0.717, 1.165) is 29.8 Å². The molecule has 0 bridgehead atoms. The number of nitrogens with zero attached hydrogens (tertiary/aromatic N) is 1. The molecule has 0 aromatic heterocycles. The number of anilines is 1. The molecular formula is C23H34N4O4. The monoisotopic (exact) mass is 430 g/mol. The van der Waals surface area contributed by atoms with Gasteiger partial charge >= 0.3 is 0 Å². The zero-order valence-corrected chi connectivity index (χ0v) is 18.7. The van der Waals surface area contributed by atoms with E-state index in [2.05, 4.69) is 16.0 Å². The van der Waals surface area contributed by atoms with Gasteiger partial charge in [0.05, 0.1) is 13.2 Å². The van der Waals surface area contributed by atoms with Crippen molar-refractivity contribution in [2.75, 3.05) is 44.7 Å². The van der Waals surface area contributed by atoms with Crippen LogP contribution < -0.4 is 16.0 Å². The van der Waals surface area contributed by atoms with Crippen LogP contribution in [0.5, 0.6) is 0 Å². The molecule has 3 amide bonds. The normalized spacial score (nSPS) is 19.2. The van der Waals surface area contributed by atoms with Crippen molar-refractivity contribution >= 4 is 23.4 Å². The van der Waals surface area contributed by atoms with Crippen molar-refractivity contribution in [3.63, 3.8) is 0 Å². The first kappa shape index (κ1) is 23.1. The molecule has 2 heterocycles. The van der Waals surface area contributed by atoms with Crippen molar-refractivity contribution < 1.29 is 19.1 Å². The molecule has 0 spiro atoms. The minimum atomic E-state index is -0.554.